The zero-order valence-corrected chi connectivity index (χ0v) is 25.4. The van der Waals surface area contributed by atoms with E-state index in [4.69, 9.17) is 4.74 Å². The van der Waals surface area contributed by atoms with E-state index >= 15 is 0 Å². The van der Waals surface area contributed by atoms with Gasteiger partial charge < -0.3 is 29.9 Å². The number of anilines is 2. The number of likely N-dealkylation sites (N-methyl/N-ethyl adjacent to an activating group) is 1. The molecule has 44 heavy (non-hydrogen) atoms. The minimum absolute atomic E-state index is 0.0212. The number of benzene rings is 3. The van der Waals surface area contributed by atoms with E-state index in [2.05, 4.69) is 44.3 Å². The first-order valence-corrected chi connectivity index (χ1v) is 15.4. The average Bonchev–Trinajstić information content (AvgIpc) is 3.63. The molecule has 0 saturated carbocycles. The fraction of sp³-hybridized carbons (Fsp3) is 0.206. The first-order chi connectivity index (χ1) is 21.4. The first kappa shape index (κ1) is 29.2. The van der Waals surface area contributed by atoms with Crippen molar-refractivity contribution in [1.29, 1.82) is 0 Å². The molecule has 5 aromatic rings. The average molecular weight is 608 g/mol. The van der Waals surface area contributed by atoms with Crippen molar-refractivity contribution in [2.45, 2.75) is 6.92 Å². The number of nitrogens with one attached hydrogen (secondary N) is 2. The Morgan fingerprint density at radius 2 is 1.80 bits per heavy atom. The molecule has 0 spiro atoms. The van der Waals surface area contributed by atoms with Crippen LogP contribution in [0.5, 0.6) is 11.6 Å². The highest BCUT2D eigenvalue weighted by Gasteiger charge is 2.18. The topological polar surface area (TPSA) is 110 Å². The second kappa shape index (κ2) is 12.7. The van der Waals surface area contributed by atoms with Gasteiger partial charge >= 0.3 is 0 Å². The molecule has 2 aromatic heterocycles. The number of aromatic amines is 1. The lowest BCUT2D eigenvalue weighted by Crippen LogP contribution is -2.44. The molecular formula is C34H33N5O4S. The van der Waals surface area contributed by atoms with E-state index in [0.29, 0.717) is 45.1 Å². The van der Waals surface area contributed by atoms with Gasteiger partial charge in [-0.2, -0.15) is 0 Å². The summed E-state index contributed by atoms with van der Waals surface area (Å²) in [6.45, 7) is 6.42. The Balaban J connectivity index is 1.16. The van der Waals surface area contributed by atoms with Crippen LogP contribution in [0, 0.1) is 0 Å². The van der Waals surface area contributed by atoms with Gasteiger partial charge in [0.15, 0.2) is 11.7 Å². The number of aromatic nitrogens is 1. The highest BCUT2D eigenvalue weighted by molar-refractivity contribution is 7.12. The molecule has 9 nitrogen and oxygen atoms in total. The summed E-state index contributed by atoms with van der Waals surface area (Å²) in [5.74, 6) is 0.00996. The minimum Gasteiger partial charge on any atom is -0.494 e. The van der Waals surface area contributed by atoms with Crippen molar-refractivity contribution in [3.05, 3.63) is 99.7 Å². The highest BCUT2D eigenvalue weighted by Crippen LogP contribution is 2.30. The van der Waals surface area contributed by atoms with E-state index in [1.54, 1.807) is 60.1 Å². The van der Waals surface area contributed by atoms with Crippen LogP contribution in [0.1, 0.15) is 38.1 Å². The maximum Gasteiger partial charge on any atom is 0.269 e. The summed E-state index contributed by atoms with van der Waals surface area (Å²) in [7, 11) is 2.14. The molecule has 3 aromatic carbocycles. The Morgan fingerprint density at radius 3 is 2.57 bits per heavy atom. The molecule has 0 atom stereocenters. The van der Waals surface area contributed by atoms with Gasteiger partial charge in [0.2, 0.25) is 0 Å². The predicted octanol–water partition coefficient (Wildman–Crippen LogP) is 6.32. The monoisotopic (exact) mass is 607 g/mol. The number of rotatable bonds is 9. The zero-order chi connectivity index (χ0) is 30.6. The summed E-state index contributed by atoms with van der Waals surface area (Å²) in [4.78, 5) is 39.0. The smallest absolute Gasteiger partial charge is 0.269 e. The Labute approximate surface area is 259 Å². The van der Waals surface area contributed by atoms with Gasteiger partial charge in [-0.05, 0) is 67.9 Å². The molecule has 0 unspecified atom stereocenters. The number of piperazine rings is 1. The third-order valence-corrected chi connectivity index (χ3v) is 8.55. The summed E-state index contributed by atoms with van der Waals surface area (Å²) in [6, 6.07) is 21.9. The molecule has 3 heterocycles. The number of ether oxygens (including phenoxy) is 1. The van der Waals surface area contributed by atoms with Crippen molar-refractivity contribution in [3.63, 3.8) is 0 Å². The second-order valence-electron chi connectivity index (χ2n) is 10.6. The van der Waals surface area contributed by atoms with Crippen molar-refractivity contribution < 1.29 is 19.4 Å². The third-order valence-electron chi connectivity index (χ3n) is 7.66. The van der Waals surface area contributed by atoms with Gasteiger partial charge in [-0.25, -0.2) is 0 Å². The molecule has 1 amide bonds. The largest absolute Gasteiger partial charge is 0.494 e. The number of carbonyl (C=O) groups excluding carboxylic acids is 2. The molecule has 1 saturated heterocycles. The number of ketones is 1. The molecular weight excluding hydrogens is 574 g/mol. The van der Waals surface area contributed by atoms with Crippen LogP contribution in [-0.2, 0) is 0 Å². The molecule has 6 rings (SSSR count). The summed E-state index contributed by atoms with van der Waals surface area (Å²) < 4.78 is 5.53. The van der Waals surface area contributed by atoms with Crippen LogP contribution >= 0.6 is 11.3 Å². The van der Waals surface area contributed by atoms with E-state index in [9.17, 15) is 14.7 Å². The van der Waals surface area contributed by atoms with Gasteiger partial charge in [0.1, 0.15) is 10.6 Å². The second-order valence-corrected chi connectivity index (χ2v) is 11.5. The van der Waals surface area contributed by atoms with E-state index in [0.717, 1.165) is 37.3 Å². The lowest BCUT2D eigenvalue weighted by molar-refractivity contribution is 0.102. The zero-order valence-electron chi connectivity index (χ0n) is 24.5. The number of carbonyl (C=O) groups is 2. The molecule has 10 heteroatoms. The molecule has 0 bridgehead atoms. The number of H-pyrrole nitrogens is 1. The normalized spacial score (nSPS) is 13.9. The van der Waals surface area contributed by atoms with E-state index in [1.165, 1.54) is 17.0 Å². The Bertz CT molecular complexity index is 1830. The van der Waals surface area contributed by atoms with Crippen LogP contribution in [0.15, 0.2) is 83.2 Å². The molecule has 224 valence electrons. The number of fused-ring (bicyclic) bond motifs is 1. The van der Waals surface area contributed by atoms with Crippen molar-refractivity contribution in [1.82, 2.24) is 9.88 Å². The van der Waals surface area contributed by atoms with Crippen LogP contribution in [-0.4, -0.2) is 72.7 Å². The van der Waals surface area contributed by atoms with Crippen molar-refractivity contribution in [2.75, 3.05) is 50.1 Å². The van der Waals surface area contributed by atoms with Gasteiger partial charge in [0.05, 0.1) is 17.9 Å². The summed E-state index contributed by atoms with van der Waals surface area (Å²) in [6.07, 6.45) is 1.64. The highest BCUT2D eigenvalue weighted by atomic mass is 32.1. The van der Waals surface area contributed by atoms with E-state index in [1.807, 2.05) is 19.1 Å². The fourth-order valence-corrected chi connectivity index (χ4v) is 5.98. The van der Waals surface area contributed by atoms with Crippen molar-refractivity contribution in [3.8, 4) is 11.6 Å². The Hall–Kier alpha value is -4.93. The summed E-state index contributed by atoms with van der Waals surface area (Å²) in [5, 5.41) is 16.1. The lowest BCUT2D eigenvalue weighted by atomic mass is 10.0. The molecule has 0 aliphatic carbocycles. The lowest BCUT2D eigenvalue weighted by Gasteiger charge is -2.34. The van der Waals surface area contributed by atoms with Crippen LogP contribution < -0.4 is 15.0 Å². The van der Waals surface area contributed by atoms with Gasteiger partial charge in [-0.1, -0.05) is 24.3 Å². The van der Waals surface area contributed by atoms with E-state index in [-0.39, 0.29) is 17.6 Å². The van der Waals surface area contributed by atoms with Crippen LogP contribution in [0.4, 0.5) is 17.1 Å². The summed E-state index contributed by atoms with van der Waals surface area (Å²) >= 11 is 1.30. The molecule has 1 aliphatic rings. The van der Waals surface area contributed by atoms with Gasteiger partial charge in [-0.3, -0.25) is 14.6 Å². The van der Waals surface area contributed by atoms with Crippen LogP contribution in [0.3, 0.4) is 0 Å². The number of aromatic hydroxyl groups is 1. The number of aliphatic imine (C=N–C) groups is 1. The Morgan fingerprint density at radius 1 is 1.02 bits per heavy atom. The van der Waals surface area contributed by atoms with Gasteiger partial charge in [0.25, 0.3) is 5.91 Å². The number of nitrogens with zero attached hydrogens (tertiary/aromatic N) is 3. The molecule has 1 aliphatic heterocycles. The minimum atomic E-state index is -0.295. The number of thiophene rings is 1. The number of amides is 1. The molecule has 0 radical (unpaired) electrons. The maximum absolute atomic E-state index is 13.4. The first-order valence-electron chi connectivity index (χ1n) is 14.5. The van der Waals surface area contributed by atoms with Crippen molar-refractivity contribution >= 4 is 57.2 Å². The number of hydrogen-bond acceptors (Lipinski definition) is 8. The third kappa shape index (κ3) is 6.22. The van der Waals surface area contributed by atoms with Crippen molar-refractivity contribution in [2.24, 2.45) is 4.99 Å². The van der Waals surface area contributed by atoms with Gasteiger partial charge in [0, 0.05) is 65.8 Å². The Kier molecular flexibility index (Phi) is 8.44. The maximum atomic E-state index is 13.4. The van der Waals surface area contributed by atoms with Gasteiger partial charge in [-0.15, -0.1) is 11.3 Å². The SMILES string of the molecule is CCOc1ccsc1C(=O)Nc1cccc(C(=O)c2ccc3c(C=Nc4ccc(N5CCN(C)CC5)cc4)c(O)[nH]c3c2)c1. The standard InChI is InChI=1S/C34H33N5O4S/c1-3-43-30-13-18-44-32(30)34(42)36-25-6-4-5-22(19-25)31(40)23-7-12-27-28(33(41)37-29(27)20-23)21-35-24-8-10-26(11-9-24)39-16-14-38(2)15-17-39/h4-13,18-21,37,41H,3,14-17H2,1-2H3,(H,36,42). The van der Waals surface area contributed by atoms with Crippen LogP contribution in [0.2, 0.25) is 0 Å². The quantitative estimate of drug-likeness (QED) is 0.134. The molecule has 1 fully saturated rings. The van der Waals surface area contributed by atoms with E-state index < -0.39 is 0 Å². The molecule has 3 N–H and O–H groups in total. The van der Waals surface area contributed by atoms with Crippen LogP contribution in [0.25, 0.3) is 10.9 Å². The fourth-order valence-electron chi connectivity index (χ4n) is 5.26. The number of hydrogen-bond donors (Lipinski definition) is 3. The predicted molar refractivity (Wildman–Crippen MR) is 177 cm³/mol. The summed E-state index contributed by atoms with van der Waals surface area (Å²) in [5.41, 5.74) is 4.50.